The Balaban J connectivity index is 1.16. The average Bonchev–Trinajstić information content (AvgIpc) is 3.63. The van der Waals surface area contributed by atoms with Gasteiger partial charge >= 0.3 is 6.09 Å². The van der Waals surface area contributed by atoms with Crippen LogP contribution in [0.15, 0.2) is 11.6 Å². The molecule has 7 atom stereocenters. The lowest BCUT2D eigenvalue weighted by Gasteiger charge is -2.43. The molecule has 198 valence electrons. The van der Waals surface area contributed by atoms with E-state index in [0.29, 0.717) is 38.6 Å². The number of halogens is 2. The summed E-state index contributed by atoms with van der Waals surface area (Å²) in [6.07, 6.45) is 5.48. The van der Waals surface area contributed by atoms with Gasteiger partial charge in [0, 0.05) is 20.2 Å². The predicted molar refractivity (Wildman–Crippen MR) is 125 cm³/mol. The molecular formula is C26H40F2N2O5. The molecule has 1 aliphatic carbocycles. The average molecular weight is 499 g/mol. The van der Waals surface area contributed by atoms with Crippen molar-refractivity contribution in [3.63, 3.8) is 0 Å². The first-order valence-corrected chi connectivity index (χ1v) is 13.1. The molecule has 4 saturated heterocycles. The molecule has 1 spiro atoms. The summed E-state index contributed by atoms with van der Waals surface area (Å²) in [5.74, 6) is -2.20. The van der Waals surface area contributed by atoms with Crippen molar-refractivity contribution in [2.75, 3.05) is 46.4 Å². The minimum Gasteiger partial charge on any atom is -0.443 e. The first-order chi connectivity index (χ1) is 16.6. The molecule has 0 aromatic heterocycles. The maximum atomic E-state index is 13.1. The quantitative estimate of drug-likeness (QED) is 0.374. The molecule has 4 heterocycles. The zero-order chi connectivity index (χ0) is 25.0. The SMILES string of the molecule is CO[C@H]1C([C@@]2(C)O[C@@H]2CC=C(C)C)[C@]2(CC[C@H]1OC(=O)N1CC[C@H](CCN3CC(F)(F)C3)C1)CO2. The van der Waals surface area contributed by atoms with Crippen LogP contribution in [-0.2, 0) is 18.9 Å². The van der Waals surface area contributed by atoms with Crippen LogP contribution < -0.4 is 0 Å². The monoisotopic (exact) mass is 498 g/mol. The van der Waals surface area contributed by atoms with Crippen LogP contribution in [0.3, 0.4) is 0 Å². The minimum atomic E-state index is -2.53. The van der Waals surface area contributed by atoms with E-state index in [1.165, 1.54) is 5.57 Å². The lowest BCUT2D eigenvalue weighted by Crippen LogP contribution is -2.56. The van der Waals surface area contributed by atoms with E-state index in [-0.39, 0.29) is 54.6 Å². The number of ether oxygens (including phenoxy) is 4. The van der Waals surface area contributed by atoms with Crippen LogP contribution in [0.2, 0.25) is 0 Å². The van der Waals surface area contributed by atoms with Gasteiger partial charge in [-0.25, -0.2) is 13.6 Å². The number of epoxide rings is 2. The second-order valence-electron chi connectivity index (χ2n) is 11.8. The summed E-state index contributed by atoms with van der Waals surface area (Å²) in [4.78, 5) is 16.6. The van der Waals surface area contributed by atoms with Crippen molar-refractivity contribution in [2.45, 2.75) is 88.3 Å². The topological polar surface area (TPSA) is 67.1 Å². The molecule has 0 bridgehead atoms. The molecule has 1 unspecified atom stereocenters. The van der Waals surface area contributed by atoms with E-state index in [0.717, 1.165) is 25.7 Å². The number of carbonyl (C=O) groups excluding carboxylic acids is 1. The first-order valence-electron chi connectivity index (χ1n) is 13.1. The lowest BCUT2D eigenvalue weighted by atomic mass is 9.68. The normalized spacial score (nSPS) is 42.0. The fourth-order valence-corrected chi connectivity index (χ4v) is 6.64. The molecule has 9 heteroatoms. The zero-order valence-corrected chi connectivity index (χ0v) is 21.4. The van der Waals surface area contributed by atoms with E-state index in [1.807, 2.05) is 0 Å². The zero-order valence-electron chi connectivity index (χ0n) is 21.4. The molecule has 4 aliphatic heterocycles. The Labute approximate surface area is 207 Å². The highest BCUT2D eigenvalue weighted by atomic mass is 19.3. The van der Waals surface area contributed by atoms with E-state index >= 15 is 0 Å². The van der Waals surface area contributed by atoms with Crippen LogP contribution in [-0.4, -0.2) is 97.8 Å². The van der Waals surface area contributed by atoms with Gasteiger partial charge in [0.25, 0.3) is 5.92 Å². The second kappa shape index (κ2) is 9.23. The van der Waals surface area contributed by atoms with Crippen LogP contribution >= 0.6 is 0 Å². The van der Waals surface area contributed by atoms with Gasteiger partial charge in [0.1, 0.15) is 23.4 Å². The van der Waals surface area contributed by atoms with Crippen LogP contribution in [0.1, 0.15) is 52.9 Å². The maximum absolute atomic E-state index is 13.1. The Bertz CT molecular complexity index is 838. The van der Waals surface area contributed by atoms with E-state index < -0.39 is 5.92 Å². The fraction of sp³-hybridized carbons (Fsp3) is 0.885. The van der Waals surface area contributed by atoms with Gasteiger partial charge < -0.3 is 23.8 Å². The third-order valence-electron chi connectivity index (χ3n) is 8.80. The number of methoxy groups -OCH3 is 1. The van der Waals surface area contributed by atoms with Crippen molar-refractivity contribution in [3.05, 3.63) is 11.6 Å². The van der Waals surface area contributed by atoms with Crippen molar-refractivity contribution >= 4 is 6.09 Å². The number of likely N-dealkylation sites (tertiary alicyclic amines) is 2. The van der Waals surface area contributed by atoms with Crippen molar-refractivity contribution in [3.8, 4) is 0 Å². The van der Waals surface area contributed by atoms with Gasteiger partial charge in [-0.2, -0.15) is 0 Å². The molecule has 7 nitrogen and oxygen atoms in total. The van der Waals surface area contributed by atoms with Crippen LogP contribution in [0.4, 0.5) is 13.6 Å². The summed E-state index contributed by atoms with van der Waals surface area (Å²) in [5.41, 5.74) is 0.663. The predicted octanol–water partition coefficient (Wildman–Crippen LogP) is 3.86. The van der Waals surface area contributed by atoms with E-state index in [1.54, 1.807) is 16.9 Å². The fourth-order valence-electron chi connectivity index (χ4n) is 6.64. The van der Waals surface area contributed by atoms with Gasteiger partial charge in [0.15, 0.2) is 0 Å². The molecular weight excluding hydrogens is 458 g/mol. The number of alkyl halides is 2. The Morgan fingerprint density at radius 1 is 1.23 bits per heavy atom. The van der Waals surface area contributed by atoms with Gasteiger partial charge in [-0.1, -0.05) is 11.6 Å². The van der Waals surface area contributed by atoms with Crippen molar-refractivity contribution < 1.29 is 32.5 Å². The summed E-state index contributed by atoms with van der Waals surface area (Å²) in [5, 5.41) is 0. The summed E-state index contributed by atoms with van der Waals surface area (Å²) in [6, 6.07) is 0. The minimum absolute atomic E-state index is 0.00286. The highest BCUT2D eigenvalue weighted by molar-refractivity contribution is 5.68. The van der Waals surface area contributed by atoms with Crippen LogP contribution in [0, 0.1) is 11.8 Å². The molecule has 5 aliphatic rings. The molecule has 0 aromatic rings. The van der Waals surface area contributed by atoms with E-state index in [4.69, 9.17) is 18.9 Å². The van der Waals surface area contributed by atoms with Gasteiger partial charge in [-0.05, 0) is 65.3 Å². The molecule has 1 saturated carbocycles. The summed E-state index contributed by atoms with van der Waals surface area (Å²) < 4.78 is 50.3. The van der Waals surface area contributed by atoms with Gasteiger partial charge in [-0.15, -0.1) is 0 Å². The standard InChI is InChI=1S/C26H40F2N2O5/c1-17(2)5-6-20-24(3,35-20)22-21(32-4)19(7-10-25(22)16-33-25)34-23(31)30-12-9-18(13-30)8-11-29-14-26(27,28)15-29/h5,18-22H,6-16H2,1-4H3/t18-,19+,20+,21+,22?,24-,25-/m0/s1. The number of carbonyl (C=O) groups is 1. The van der Waals surface area contributed by atoms with Crippen LogP contribution in [0.25, 0.3) is 0 Å². The van der Waals surface area contributed by atoms with Crippen LogP contribution in [0.5, 0.6) is 0 Å². The largest absolute Gasteiger partial charge is 0.443 e. The Morgan fingerprint density at radius 2 is 1.97 bits per heavy atom. The molecule has 0 aromatic carbocycles. The van der Waals surface area contributed by atoms with Crippen molar-refractivity contribution in [1.29, 1.82) is 0 Å². The number of rotatable bonds is 8. The number of nitrogens with zero attached hydrogens (tertiary/aromatic N) is 2. The molecule has 5 fully saturated rings. The third-order valence-corrected chi connectivity index (χ3v) is 8.80. The van der Waals surface area contributed by atoms with Crippen molar-refractivity contribution in [2.24, 2.45) is 11.8 Å². The molecule has 1 amide bonds. The van der Waals surface area contributed by atoms with Gasteiger partial charge in [-0.3, -0.25) is 4.90 Å². The highest BCUT2D eigenvalue weighted by Crippen LogP contribution is 2.59. The third kappa shape index (κ3) is 5.11. The molecule has 5 rings (SSSR count). The van der Waals surface area contributed by atoms with E-state index in [9.17, 15) is 13.6 Å². The number of hydrogen-bond acceptors (Lipinski definition) is 6. The van der Waals surface area contributed by atoms with Crippen molar-refractivity contribution in [1.82, 2.24) is 9.80 Å². The number of hydrogen-bond donors (Lipinski definition) is 0. The Morgan fingerprint density at radius 3 is 2.60 bits per heavy atom. The van der Waals surface area contributed by atoms with Gasteiger partial charge in [0.05, 0.1) is 31.7 Å². The maximum Gasteiger partial charge on any atom is 0.410 e. The Hall–Kier alpha value is -1.29. The highest BCUT2D eigenvalue weighted by Gasteiger charge is 2.72. The van der Waals surface area contributed by atoms with Gasteiger partial charge in [0.2, 0.25) is 0 Å². The lowest BCUT2D eigenvalue weighted by molar-refractivity contribution is -0.131. The summed E-state index contributed by atoms with van der Waals surface area (Å²) in [7, 11) is 1.68. The number of allylic oxidation sites excluding steroid dienone is 1. The molecule has 0 N–H and O–H groups in total. The summed E-state index contributed by atoms with van der Waals surface area (Å²) in [6.45, 7) is 8.65. The number of amides is 1. The first kappa shape index (κ1) is 25.4. The Kier molecular flexibility index (Phi) is 6.69. The second-order valence-corrected chi connectivity index (χ2v) is 11.8. The molecule has 35 heavy (non-hydrogen) atoms. The molecule has 0 radical (unpaired) electrons. The van der Waals surface area contributed by atoms with E-state index in [2.05, 4.69) is 26.8 Å². The smallest absolute Gasteiger partial charge is 0.410 e. The summed E-state index contributed by atoms with van der Waals surface area (Å²) >= 11 is 0.